The minimum Gasteiger partial charge on any atom is -0.459 e. The van der Waals surface area contributed by atoms with Gasteiger partial charge in [0.1, 0.15) is 0 Å². The van der Waals surface area contributed by atoms with E-state index in [4.69, 9.17) is 14.9 Å². The van der Waals surface area contributed by atoms with Gasteiger partial charge in [0.2, 0.25) is 11.9 Å². The van der Waals surface area contributed by atoms with Crippen molar-refractivity contribution in [3.8, 4) is 0 Å². The zero-order valence-electron chi connectivity index (χ0n) is 17.7. The van der Waals surface area contributed by atoms with Gasteiger partial charge >= 0.3 is 5.97 Å². The number of benzene rings is 1. The average Bonchev–Trinajstić information content (AvgIpc) is 3.33. The van der Waals surface area contributed by atoms with Crippen LogP contribution in [0.5, 0.6) is 0 Å². The number of carbonyl (C=O) groups is 2. The molecule has 0 unspecified atom stereocenters. The van der Waals surface area contributed by atoms with Crippen molar-refractivity contribution in [3.05, 3.63) is 59.8 Å². The Bertz CT molecular complexity index is 1100. The number of piperidine rings is 1. The Balaban J connectivity index is 1.36. The molecule has 3 aromatic rings. The maximum atomic E-state index is 12.6. The van der Waals surface area contributed by atoms with Crippen molar-refractivity contribution in [2.24, 2.45) is 5.92 Å². The van der Waals surface area contributed by atoms with E-state index in [-0.39, 0.29) is 42.5 Å². The van der Waals surface area contributed by atoms with Crippen LogP contribution in [0.2, 0.25) is 0 Å². The van der Waals surface area contributed by atoms with Gasteiger partial charge in [-0.05, 0) is 43.5 Å². The first kappa shape index (κ1) is 21.3. The third kappa shape index (κ3) is 5.02. The number of nitrogens with zero attached hydrogens (tertiary/aromatic N) is 4. The molecular formula is C22H24N6O4. The predicted octanol–water partition coefficient (Wildman–Crippen LogP) is 2.69. The molecule has 0 spiro atoms. The van der Waals surface area contributed by atoms with Crippen LogP contribution < -0.4 is 11.1 Å². The summed E-state index contributed by atoms with van der Waals surface area (Å²) in [4.78, 5) is 39.2. The number of amides is 1. The van der Waals surface area contributed by atoms with Gasteiger partial charge in [0.05, 0.1) is 12.2 Å². The molecule has 10 nitrogen and oxygen atoms in total. The number of esters is 1. The number of para-hydroxylation sites is 1. The third-order valence-corrected chi connectivity index (χ3v) is 5.21. The number of nitrogens with one attached hydrogen (secondary N) is 1. The molecule has 4 rings (SSSR count). The second kappa shape index (κ2) is 9.46. The number of aryl methyl sites for hydroxylation is 1. The minimum atomic E-state index is -0.425. The van der Waals surface area contributed by atoms with Crippen LogP contribution >= 0.6 is 0 Å². The summed E-state index contributed by atoms with van der Waals surface area (Å²) in [6.07, 6.45) is 2.79. The topological polar surface area (TPSA) is 136 Å². The first-order valence-corrected chi connectivity index (χ1v) is 10.3. The molecule has 1 fully saturated rings. The quantitative estimate of drug-likeness (QED) is 0.559. The van der Waals surface area contributed by atoms with Crippen molar-refractivity contribution >= 4 is 29.5 Å². The Morgan fingerprint density at radius 2 is 2.06 bits per heavy atom. The first-order valence-electron chi connectivity index (χ1n) is 10.3. The number of hydrogen-bond donors (Lipinski definition) is 2. The summed E-state index contributed by atoms with van der Waals surface area (Å²) in [7, 11) is 0. The van der Waals surface area contributed by atoms with Crippen LogP contribution in [0, 0.1) is 12.8 Å². The molecule has 1 amide bonds. The summed E-state index contributed by atoms with van der Waals surface area (Å²) < 4.78 is 10.6. The van der Waals surface area contributed by atoms with Crippen LogP contribution in [0.1, 0.15) is 34.8 Å². The molecule has 1 aliphatic rings. The summed E-state index contributed by atoms with van der Waals surface area (Å²) >= 11 is 0. The maximum Gasteiger partial charge on any atom is 0.311 e. The Morgan fingerprint density at radius 1 is 1.22 bits per heavy atom. The number of hydrogen-bond acceptors (Lipinski definition) is 9. The predicted molar refractivity (Wildman–Crippen MR) is 116 cm³/mol. The molecular weight excluding hydrogens is 412 g/mol. The lowest BCUT2D eigenvalue weighted by atomic mass is 9.98. The van der Waals surface area contributed by atoms with Crippen molar-refractivity contribution in [1.29, 1.82) is 0 Å². The van der Waals surface area contributed by atoms with E-state index in [1.165, 1.54) is 6.26 Å². The molecule has 0 radical (unpaired) electrons. The summed E-state index contributed by atoms with van der Waals surface area (Å²) in [5.74, 6) is -0.277. The van der Waals surface area contributed by atoms with E-state index in [2.05, 4.69) is 20.3 Å². The highest BCUT2D eigenvalue weighted by atomic mass is 16.5. The van der Waals surface area contributed by atoms with Gasteiger partial charge in [0, 0.05) is 18.8 Å². The smallest absolute Gasteiger partial charge is 0.311 e. The van der Waals surface area contributed by atoms with Gasteiger partial charge in [-0.15, -0.1) is 0 Å². The van der Waals surface area contributed by atoms with Crippen LogP contribution in [0.4, 0.5) is 17.6 Å². The Labute approximate surface area is 184 Å². The average molecular weight is 436 g/mol. The van der Waals surface area contributed by atoms with E-state index in [0.29, 0.717) is 19.4 Å². The monoisotopic (exact) mass is 436 g/mol. The highest BCUT2D eigenvalue weighted by Crippen LogP contribution is 2.21. The second-order valence-corrected chi connectivity index (χ2v) is 7.55. The molecule has 0 saturated carbocycles. The van der Waals surface area contributed by atoms with E-state index < -0.39 is 11.9 Å². The highest BCUT2D eigenvalue weighted by molar-refractivity contribution is 5.91. The van der Waals surface area contributed by atoms with Gasteiger partial charge in [0.15, 0.2) is 18.2 Å². The van der Waals surface area contributed by atoms with Gasteiger partial charge < -0.3 is 25.1 Å². The lowest BCUT2D eigenvalue weighted by Crippen LogP contribution is -2.42. The van der Waals surface area contributed by atoms with Crippen LogP contribution in [0.25, 0.3) is 0 Å². The molecule has 10 heteroatoms. The molecule has 1 saturated heterocycles. The third-order valence-electron chi connectivity index (χ3n) is 5.21. The zero-order chi connectivity index (χ0) is 22.5. The zero-order valence-corrected chi connectivity index (χ0v) is 17.7. The molecule has 3 heterocycles. The Kier molecular flexibility index (Phi) is 6.29. The Morgan fingerprint density at radius 3 is 2.84 bits per heavy atom. The van der Waals surface area contributed by atoms with Crippen LogP contribution in [-0.2, 0) is 16.1 Å². The molecule has 1 atom stereocenters. The normalized spacial score (nSPS) is 15.9. The number of nitrogens with two attached hydrogens (primary N) is 1. The number of nitrogen functional groups attached to an aromatic ring is 1. The number of ether oxygens (including phenoxy) is 1. The molecule has 1 aromatic carbocycles. The fraction of sp³-hybridized carbons (Fsp3) is 0.318. The molecule has 0 aliphatic carbocycles. The minimum absolute atomic E-state index is 0.0232. The van der Waals surface area contributed by atoms with Crippen molar-refractivity contribution in [2.45, 2.75) is 26.4 Å². The van der Waals surface area contributed by atoms with Gasteiger partial charge in [0.25, 0.3) is 5.91 Å². The molecule has 0 bridgehead atoms. The molecule has 32 heavy (non-hydrogen) atoms. The molecule has 2 aromatic heterocycles. The number of carbonyl (C=O) groups excluding carboxylic acids is 2. The molecule has 3 N–H and O–H groups in total. The standard InChI is InChI=1S/C22H24N6O4/c1-14-6-2-3-8-16(14)24-22-26-18(25-21(23)27-22)13-32-20(30)15-7-4-10-28(12-15)19(29)17-9-5-11-31-17/h2-3,5-6,8-9,11,15H,4,7,10,12-13H2,1H3,(H3,23,24,25,26,27)/t15-/m1/s1. The molecule has 166 valence electrons. The van der Waals surface area contributed by atoms with Gasteiger partial charge in [-0.25, -0.2) is 0 Å². The van der Waals surface area contributed by atoms with E-state index in [1.54, 1.807) is 17.0 Å². The van der Waals surface area contributed by atoms with E-state index in [0.717, 1.165) is 11.3 Å². The molecule has 1 aliphatic heterocycles. The van der Waals surface area contributed by atoms with Gasteiger partial charge in [-0.2, -0.15) is 15.0 Å². The number of rotatable bonds is 6. The second-order valence-electron chi connectivity index (χ2n) is 7.55. The van der Waals surface area contributed by atoms with Crippen molar-refractivity contribution in [3.63, 3.8) is 0 Å². The van der Waals surface area contributed by atoms with Crippen molar-refractivity contribution in [1.82, 2.24) is 19.9 Å². The van der Waals surface area contributed by atoms with E-state index >= 15 is 0 Å². The highest BCUT2D eigenvalue weighted by Gasteiger charge is 2.31. The number of aromatic nitrogens is 3. The fourth-order valence-corrected chi connectivity index (χ4v) is 3.56. The summed E-state index contributed by atoms with van der Waals surface area (Å²) in [6.45, 7) is 2.66. The van der Waals surface area contributed by atoms with E-state index in [9.17, 15) is 9.59 Å². The number of furan rings is 1. The lowest BCUT2D eigenvalue weighted by molar-refractivity contribution is -0.151. The summed E-state index contributed by atoms with van der Waals surface area (Å²) in [5.41, 5.74) is 7.66. The first-order chi connectivity index (χ1) is 15.5. The van der Waals surface area contributed by atoms with Crippen LogP contribution in [0.15, 0.2) is 47.1 Å². The van der Waals surface area contributed by atoms with Gasteiger partial charge in [-0.1, -0.05) is 18.2 Å². The lowest BCUT2D eigenvalue weighted by Gasteiger charge is -2.30. The van der Waals surface area contributed by atoms with Gasteiger partial charge in [-0.3, -0.25) is 9.59 Å². The van der Waals surface area contributed by atoms with Crippen LogP contribution in [-0.4, -0.2) is 44.8 Å². The Hall–Kier alpha value is -3.95. The van der Waals surface area contributed by atoms with E-state index in [1.807, 2.05) is 31.2 Å². The summed E-state index contributed by atoms with van der Waals surface area (Å²) in [5, 5.41) is 3.10. The van der Waals surface area contributed by atoms with Crippen molar-refractivity contribution < 1.29 is 18.7 Å². The number of anilines is 3. The largest absolute Gasteiger partial charge is 0.459 e. The summed E-state index contributed by atoms with van der Waals surface area (Å²) in [6, 6.07) is 10.9. The van der Waals surface area contributed by atoms with Crippen molar-refractivity contribution in [2.75, 3.05) is 24.1 Å². The van der Waals surface area contributed by atoms with Crippen LogP contribution in [0.3, 0.4) is 0 Å². The number of likely N-dealkylation sites (tertiary alicyclic amines) is 1. The maximum absolute atomic E-state index is 12.6. The fourth-order valence-electron chi connectivity index (χ4n) is 3.56. The SMILES string of the molecule is Cc1ccccc1Nc1nc(N)nc(COC(=O)[C@@H]2CCCN(C(=O)c3ccco3)C2)n1.